The first-order chi connectivity index (χ1) is 18.6. The molecule has 0 aliphatic carbocycles. The molecule has 2 fully saturated rings. The van der Waals surface area contributed by atoms with E-state index in [4.69, 9.17) is 14.7 Å². The Labute approximate surface area is 231 Å². The van der Waals surface area contributed by atoms with Gasteiger partial charge in [-0.3, -0.25) is 4.79 Å². The largest absolute Gasteiger partial charge is 0.444 e. The minimum atomic E-state index is -0.545. The van der Waals surface area contributed by atoms with Crippen LogP contribution in [0.4, 0.5) is 16.3 Å². The molecule has 1 N–H and O–H groups in total. The van der Waals surface area contributed by atoms with Crippen LogP contribution in [0.5, 0.6) is 0 Å². The number of ether oxygens (including phenoxy) is 1. The Morgan fingerprint density at radius 2 is 1.69 bits per heavy atom. The van der Waals surface area contributed by atoms with Crippen molar-refractivity contribution in [1.29, 1.82) is 0 Å². The van der Waals surface area contributed by atoms with Gasteiger partial charge >= 0.3 is 6.09 Å². The van der Waals surface area contributed by atoms with Crippen LogP contribution in [0.25, 0.3) is 0 Å². The summed E-state index contributed by atoms with van der Waals surface area (Å²) in [4.78, 5) is 41.8. The van der Waals surface area contributed by atoms with Crippen LogP contribution in [-0.4, -0.2) is 77.1 Å². The zero-order chi connectivity index (χ0) is 27.7. The molecule has 9 heteroatoms. The second-order valence-corrected chi connectivity index (χ2v) is 12.2. The average Bonchev–Trinajstić information content (AvgIpc) is 3.42. The van der Waals surface area contributed by atoms with Crippen molar-refractivity contribution >= 4 is 23.5 Å². The van der Waals surface area contributed by atoms with Gasteiger partial charge in [-0.25, -0.2) is 14.8 Å². The quantitative estimate of drug-likeness (QED) is 0.609. The maximum Gasteiger partial charge on any atom is 0.410 e. The third-order valence-corrected chi connectivity index (χ3v) is 8.07. The molecule has 210 valence electrons. The highest BCUT2D eigenvalue weighted by molar-refractivity contribution is 5.94. The molecule has 5 rings (SSSR count). The van der Waals surface area contributed by atoms with Crippen molar-refractivity contribution in [3.8, 4) is 0 Å². The average molecular weight is 535 g/mol. The first-order valence-electron chi connectivity index (χ1n) is 14.3. The fourth-order valence-electron chi connectivity index (χ4n) is 5.74. The van der Waals surface area contributed by atoms with Gasteiger partial charge in [0.25, 0.3) is 5.91 Å². The second-order valence-electron chi connectivity index (χ2n) is 12.2. The lowest BCUT2D eigenvalue weighted by atomic mass is 9.98. The maximum atomic E-state index is 13.3. The summed E-state index contributed by atoms with van der Waals surface area (Å²) in [6, 6.07) is 8.09. The first-order valence-corrected chi connectivity index (χ1v) is 14.3. The number of likely N-dealkylation sites (tertiary alicyclic amines) is 1. The highest BCUT2D eigenvalue weighted by Gasteiger charge is 2.33. The third kappa shape index (κ3) is 6.12. The number of carbonyl (C=O) groups excluding carboxylic acids is 2. The number of nitrogens with zero attached hydrogens (tertiary/aromatic N) is 5. The summed E-state index contributed by atoms with van der Waals surface area (Å²) in [7, 11) is 1.87. The van der Waals surface area contributed by atoms with Crippen molar-refractivity contribution in [3.05, 3.63) is 46.9 Å². The number of hydrogen-bond donors (Lipinski definition) is 1. The number of amides is 2. The van der Waals surface area contributed by atoms with Crippen LogP contribution in [0, 0.1) is 5.92 Å². The Balaban J connectivity index is 1.26. The van der Waals surface area contributed by atoms with Crippen LogP contribution in [0.2, 0.25) is 0 Å². The summed E-state index contributed by atoms with van der Waals surface area (Å²) in [5, 5.41) is 3.23. The molecule has 9 nitrogen and oxygen atoms in total. The molecule has 0 saturated carbocycles. The zero-order valence-electron chi connectivity index (χ0n) is 24.0. The molecule has 1 aromatic heterocycles. The van der Waals surface area contributed by atoms with Crippen LogP contribution in [0.15, 0.2) is 24.3 Å². The number of piperidine rings is 1. The number of nitrogens with one attached hydrogen (secondary N) is 1. The van der Waals surface area contributed by atoms with Gasteiger partial charge in [0.1, 0.15) is 17.2 Å². The van der Waals surface area contributed by atoms with E-state index in [1.807, 2.05) is 44.9 Å². The van der Waals surface area contributed by atoms with Gasteiger partial charge in [-0.05, 0) is 76.6 Å². The SMILES string of the molecule is CNc1nc(C2CCN(C(=O)c3ccc(N4CCC(C)CC4)cc3)C2)nc2c1CCN(C(=O)OC(C)(C)C)C2. The molecule has 4 heterocycles. The van der Waals surface area contributed by atoms with E-state index in [0.29, 0.717) is 32.6 Å². The Kier molecular flexibility index (Phi) is 7.69. The van der Waals surface area contributed by atoms with Crippen LogP contribution >= 0.6 is 0 Å². The van der Waals surface area contributed by atoms with Gasteiger partial charge in [0.05, 0.1) is 12.2 Å². The van der Waals surface area contributed by atoms with Gasteiger partial charge < -0.3 is 24.8 Å². The van der Waals surface area contributed by atoms with Gasteiger partial charge in [0.2, 0.25) is 0 Å². The third-order valence-electron chi connectivity index (χ3n) is 8.07. The highest BCUT2D eigenvalue weighted by Crippen LogP contribution is 2.31. The number of benzene rings is 1. The molecule has 1 aromatic carbocycles. The van der Waals surface area contributed by atoms with E-state index in [1.54, 1.807) is 4.90 Å². The molecule has 2 saturated heterocycles. The zero-order valence-corrected chi connectivity index (χ0v) is 24.0. The van der Waals surface area contributed by atoms with Crippen molar-refractivity contribution in [2.75, 3.05) is 50.0 Å². The van der Waals surface area contributed by atoms with E-state index in [0.717, 1.165) is 53.9 Å². The smallest absolute Gasteiger partial charge is 0.410 e. The monoisotopic (exact) mass is 534 g/mol. The van der Waals surface area contributed by atoms with Crippen molar-refractivity contribution in [2.24, 2.45) is 5.92 Å². The van der Waals surface area contributed by atoms with E-state index >= 15 is 0 Å². The number of hydrogen-bond acceptors (Lipinski definition) is 7. The van der Waals surface area contributed by atoms with Crippen LogP contribution in [0.3, 0.4) is 0 Å². The molecule has 2 amide bonds. The van der Waals surface area contributed by atoms with Gasteiger partial charge in [0, 0.05) is 62.5 Å². The summed E-state index contributed by atoms with van der Waals surface area (Å²) >= 11 is 0. The predicted octanol–water partition coefficient (Wildman–Crippen LogP) is 4.68. The maximum absolute atomic E-state index is 13.3. The minimum absolute atomic E-state index is 0.0536. The summed E-state index contributed by atoms with van der Waals surface area (Å²) in [5.74, 6) is 2.44. The van der Waals surface area contributed by atoms with E-state index < -0.39 is 5.60 Å². The summed E-state index contributed by atoms with van der Waals surface area (Å²) in [6.07, 6.45) is 3.60. The first kappa shape index (κ1) is 27.2. The second kappa shape index (κ2) is 11.0. The predicted molar refractivity (Wildman–Crippen MR) is 152 cm³/mol. The molecular weight excluding hydrogens is 492 g/mol. The summed E-state index contributed by atoms with van der Waals surface area (Å²) in [5.41, 5.74) is 3.28. The lowest BCUT2D eigenvalue weighted by Crippen LogP contribution is -2.40. The molecular formula is C30H42N6O3. The Morgan fingerprint density at radius 1 is 0.974 bits per heavy atom. The standard InChI is InChI=1S/C30H42N6O3/c1-20-10-14-34(15-11-20)23-8-6-21(7-9-23)28(37)35-16-12-22(18-35)26-32-25-19-36(29(38)39-30(2,3)4)17-13-24(25)27(31-5)33-26/h6-9,20,22H,10-19H2,1-5H3,(H,31,32,33). The molecule has 0 bridgehead atoms. The van der Waals surface area contributed by atoms with Crippen LogP contribution in [-0.2, 0) is 17.7 Å². The molecule has 3 aliphatic heterocycles. The lowest BCUT2D eigenvalue weighted by molar-refractivity contribution is 0.0220. The van der Waals surface area contributed by atoms with Crippen molar-refractivity contribution in [2.45, 2.75) is 71.4 Å². The normalized spacial score (nSPS) is 20.1. The highest BCUT2D eigenvalue weighted by atomic mass is 16.6. The molecule has 3 aliphatic rings. The number of aromatic nitrogens is 2. The van der Waals surface area contributed by atoms with Crippen molar-refractivity contribution in [3.63, 3.8) is 0 Å². The molecule has 2 aromatic rings. The molecule has 1 unspecified atom stereocenters. The number of rotatable bonds is 4. The Bertz CT molecular complexity index is 1200. The fraction of sp³-hybridized carbons (Fsp3) is 0.600. The van der Waals surface area contributed by atoms with Gasteiger partial charge in [0.15, 0.2) is 0 Å². The Morgan fingerprint density at radius 3 is 2.36 bits per heavy atom. The summed E-state index contributed by atoms with van der Waals surface area (Å²) in [6.45, 7) is 12.3. The number of fused-ring (bicyclic) bond motifs is 1. The summed E-state index contributed by atoms with van der Waals surface area (Å²) < 4.78 is 5.59. The van der Waals surface area contributed by atoms with E-state index in [9.17, 15) is 9.59 Å². The minimum Gasteiger partial charge on any atom is -0.444 e. The molecule has 39 heavy (non-hydrogen) atoms. The van der Waals surface area contributed by atoms with Crippen LogP contribution < -0.4 is 10.2 Å². The molecule has 1 atom stereocenters. The van der Waals surface area contributed by atoms with E-state index in [1.165, 1.54) is 18.5 Å². The molecule has 0 spiro atoms. The van der Waals surface area contributed by atoms with Gasteiger partial charge in [-0.1, -0.05) is 6.92 Å². The van der Waals surface area contributed by atoms with Crippen LogP contribution in [0.1, 0.15) is 80.3 Å². The number of anilines is 2. The Hall–Kier alpha value is -3.36. The molecule has 0 radical (unpaired) electrons. The number of carbonyl (C=O) groups is 2. The van der Waals surface area contributed by atoms with Gasteiger partial charge in [-0.15, -0.1) is 0 Å². The topological polar surface area (TPSA) is 90.9 Å². The fourth-order valence-corrected chi connectivity index (χ4v) is 5.74. The van der Waals surface area contributed by atoms with Crippen molar-refractivity contribution in [1.82, 2.24) is 19.8 Å². The lowest BCUT2D eigenvalue weighted by Gasteiger charge is -2.32. The van der Waals surface area contributed by atoms with E-state index in [2.05, 4.69) is 29.3 Å². The van der Waals surface area contributed by atoms with Gasteiger partial charge in [-0.2, -0.15) is 0 Å². The van der Waals surface area contributed by atoms with E-state index in [-0.39, 0.29) is 17.9 Å². The van der Waals surface area contributed by atoms with Crippen molar-refractivity contribution < 1.29 is 14.3 Å².